The molecule has 1 aromatic rings. The van der Waals surface area contributed by atoms with Crippen LogP contribution in [0.25, 0.3) is 5.57 Å². The van der Waals surface area contributed by atoms with Crippen LogP contribution in [0.5, 0.6) is 5.75 Å². The summed E-state index contributed by atoms with van der Waals surface area (Å²) >= 11 is -1.96. The van der Waals surface area contributed by atoms with Crippen LogP contribution in [0.3, 0.4) is 0 Å². The fourth-order valence-corrected chi connectivity index (χ4v) is 3.05. The first-order valence-corrected chi connectivity index (χ1v) is 6.96. The highest BCUT2D eigenvalue weighted by molar-refractivity contribution is 7.85. The van der Waals surface area contributed by atoms with Gasteiger partial charge in [-0.1, -0.05) is 0 Å². The van der Waals surface area contributed by atoms with Crippen molar-refractivity contribution in [3.63, 3.8) is 0 Å². The van der Waals surface area contributed by atoms with E-state index in [9.17, 15) is 23.3 Å². The molecule has 2 heterocycles. The number of rotatable bonds is 2. The molecule has 0 spiro atoms. The topological polar surface area (TPSA) is 95.9 Å². The highest BCUT2D eigenvalue weighted by Gasteiger charge is 2.33. The largest absolute Gasteiger partial charge is 0.506 e. The highest BCUT2D eigenvalue weighted by Crippen LogP contribution is 2.37. The van der Waals surface area contributed by atoms with E-state index in [2.05, 4.69) is 4.72 Å². The molecule has 1 aromatic carbocycles. The predicted molar refractivity (Wildman–Crippen MR) is 70.6 cm³/mol. The number of phenolic OH excluding ortho intramolecular Hbond substituents is 1. The number of esters is 1. The number of nitrogens with zero attached hydrogens (tertiary/aromatic N) is 1. The molecule has 2 aliphatic heterocycles. The van der Waals surface area contributed by atoms with Gasteiger partial charge >= 0.3 is 5.97 Å². The van der Waals surface area contributed by atoms with Gasteiger partial charge in [0.25, 0.3) is 5.91 Å². The summed E-state index contributed by atoms with van der Waals surface area (Å²) in [6.45, 7) is -0.421. The number of cyclic esters (lactones) is 1. The molecule has 110 valence electrons. The van der Waals surface area contributed by atoms with Crippen molar-refractivity contribution < 1.29 is 28.0 Å². The molecule has 9 heteroatoms. The molecular formula is C12H9FN2O5S. The first-order chi connectivity index (χ1) is 9.97. The number of hydrogen-bond acceptors (Lipinski definition) is 5. The Labute approximate surface area is 120 Å². The zero-order valence-electron chi connectivity index (χ0n) is 10.5. The molecule has 2 aliphatic rings. The Hall–Kier alpha value is -2.42. The van der Waals surface area contributed by atoms with Crippen molar-refractivity contribution in [2.24, 2.45) is 0 Å². The Kier molecular flexibility index (Phi) is 3.13. The molecule has 21 heavy (non-hydrogen) atoms. The SMILES string of the molecule is O=C1CN(c2c(O)ccc(C3=CC(=O)OC3)c2F)S(=O)N1. The standard InChI is InChI=1S/C12H9FN2O5S/c13-11-7(6-3-10(18)20-5-6)1-2-8(16)12(11)15-4-9(17)14-21(15)19/h1-3,16H,4-5H2,(H,14,17). The van der Waals surface area contributed by atoms with Crippen LogP contribution in [0.2, 0.25) is 0 Å². The quantitative estimate of drug-likeness (QED) is 0.749. The van der Waals surface area contributed by atoms with Gasteiger partial charge in [0.15, 0.2) is 5.82 Å². The summed E-state index contributed by atoms with van der Waals surface area (Å²) in [6.07, 6.45) is 1.14. The van der Waals surface area contributed by atoms with Gasteiger partial charge in [0.2, 0.25) is 11.2 Å². The van der Waals surface area contributed by atoms with Crippen molar-refractivity contribution in [3.05, 3.63) is 29.6 Å². The molecule has 0 radical (unpaired) electrons. The van der Waals surface area contributed by atoms with Crippen LogP contribution >= 0.6 is 0 Å². The zero-order chi connectivity index (χ0) is 15.1. The Morgan fingerprint density at radius 1 is 1.38 bits per heavy atom. The lowest BCUT2D eigenvalue weighted by molar-refractivity contribution is -0.134. The third-order valence-corrected chi connectivity index (χ3v) is 4.16. The second kappa shape index (κ2) is 4.85. The van der Waals surface area contributed by atoms with E-state index in [1.54, 1.807) is 0 Å². The summed E-state index contributed by atoms with van der Waals surface area (Å²) in [4.78, 5) is 22.3. The van der Waals surface area contributed by atoms with Crippen molar-refractivity contribution in [1.29, 1.82) is 0 Å². The maximum atomic E-state index is 14.6. The fraction of sp³-hybridized carbons (Fsp3) is 0.167. The Balaban J connectivity index is 2.09. The number of phenols is 1. The summed E-state index contributed by atoms with van der Waals surface area (Å²) < 4.78 is 34.0. The van der Waals surface area contributed by atoms with Crippen molar-refractivity contribution in [3.8, 4) is 5.75 Å². The monoisotopic (exact) mass is 312 g/mol. The molecule has 1 atom stereocenters. The number of benzene rings is 1. The number of halogens is 1. The second-order valence-electron chi connectivity index (χ2n) is 4.38. The number of aromatic hydroxyl groups is 1. The maximum Gasteiger partial charge on any atom is 0.331 e. The number of carbonyl (C=O) groups is 2. The molecule has 3 rings (SSSR count). The van der Waals surface area contributed by atoms with Crippen LogP contribution in [0.1, 0.15) is 5.56 Å². The van der Waals surface area contributed by atoms with E-state index >= 15 is 0 Å². The summed E-state index contributed by atoms with van der Waals surface area (Å²) in [5.41, 5.74) is -0.00236. The van der Waals surface area contributed by atoms with Gasteiger partial charge in [-0.15, -0.1) is 0 Å². The van der Waals surface area contributed by atoms with Crippen LogP contribution in [-0.4, -0.2) is 34.3 Å². The molecule has 2 N–H and O–H groups in total. The third kappa shape index (κ3) is 2.25. The molecular weight excluding hydrogens is 303 g/mol. The third-order valence-electron chi connectivity index (χ3n) is 3.04. The normalized spacial score (nSPS) is 21.3. The Bertz CT molecular complexity index is 718. The Morgan fingerprint density at radius 3 is 2.71 bits per heavy atom. The first-order valence-electron chi connectivity index (χ1n) is 5.85. The predicted octanol–water partition coefficient (Wildman–Crippen LogP) is -0.0136. The second-order valence-corrected chi connectivity index (χ2v) is 5.53. The molecule has 1 saturated heterocycles. The van der Waals surface area contributed by atoms with Gasteiger partial charge in [0.05, 0.1) is 0 Å². The molecule has 1 unspecified atom stereocenters. The molecule has 7 nitrogen and oxygen atoms in total. The van der Waals surface area contributed by atoms with Crippen LogP contribution in [0.15, 0.2) is 18.2 Å². The average Bonchev–Trinajstić information content (AvgIpc) is 2.96. The highest BCUT2D eigenvalue weighted by atomic mass is 32.2. The lowest BCUT2D eigenvalue weighted by Crippen LogP contribution is -2.24. The van der Waals surface area contributed by atoms with E-state index in [1.807, 2.05) is 0 Å². The molecule has 1 amide bonds. The van der Waals surface area contributed by atoms with E-state index in [-0.39, 0.29) is 24.4 Å². The van der Waals surface area contributed by atoms with Crippen LogP contribution < -0.4 is 9.03 Å². The summed E-state index contributed by atoms with van der Waals surface area (Å²) in [6, 6.07) is 2.49. The van der Waals surface area contributed by atoms with E-state index in [0.29, 0.717) is 5.57 Å². The summed E-state index contributed by atoms with van der Waals surface area (Å²) in [5, 5.41) is 9.80. The number of nitrogens with one attached hydrogen (secondary N) is 1. The lowest BCUT2D eigenvalue weighted by atomic mass is 10.0. The molecule has 0 bridgehead atoms. The van der Waals surface area contributed by atoms with Crippen LogP contribution in [-0.2, 0) is 25.5 Å². The van der Waals surface area contributed by atoms with E-state index < -0.39 is 34.6 Å². The van der Waals surface area contributed by atoms with Gasteiger partial charge in [0.1, 0.15) is 24.6 Å². The van der Waals surface area contributed by atoms with Gasteiger partial charge in [-0.3, -0.25) is 13.8 Å². The molecule has 0 aromatic heterocycles. The van der Waals surface area contributed by atoms with Crippen molar-refractivity contribution in [1.82, 2.24) is 4.72 Å². The number of amides is 1. The fourth-order valence-electron chi connectivity index (χ4n) is 2.11. The number of hydrogen-bond donors (Lipinski definition) is 2. The van der Waals surface area contributed by atoms with Crippen molar-refractivity contribution in [2.75, 3.05) is 17.5 Å². The van der Waals surface area contributed by atoms with E-state index in [4.69, 9.17) is 4.74 Å². The number of anilines is 1. The maximum absolute atomic E-state index is 14.6. The minimum absolute atomic E-state index is 0.0463. The van der Waals surface area contributed by atoms with Crippen molar-refractivity contribution in [2.45, 2.75) is 0 Å². The smallest absolute Gasteiger partial charge is 0.331 e. The van der Waals surface area contributed by atoms with Gasteiger partial charge < -0.3 is 9.84 Å². The van der Waals surface area contributed by atoms with Crippen LogP contribution in [0.4, 0.5) is 10.1 Å². The zero-order valence-corrected chi connectivity index (χ0v) is 11.3. The van der Waals surface area contributed by atoms with Gasteiger partial charge in [-0.25, -0.2) is 13.4 Å². The minimum Gasteiger partial charge on any atom is -0.506 e. The number of carbonyl (C=O) groups excluding carboxylic acids is 2. The van der Waals surface area contributed by atoms with Gasteiger partial charge in [-0.2, -0.15) is 0 Å². The number of ether oxygens (including phenoxy) is 1. The lowest BCUT2D eigenvalue weighted by Gasteiger charge is -2.17. The average molecular weight is 312 g/mol. The van der Waals surface area contributed by atoms with E-state index in [1.165, 1.54) is 12.1 Å². The summed E-state index contributed by atoms with van der Waals surface area (Å²) in [5.74, 6) is -2.45. The van der Waals surface area contributed by atoms with Gasteiger partial charge in [-0.05, 0) is 12.1 Å². The molecule has 1 fully saturated rings. The first kappa shape index (κ1) is 13.6. The Morgan fingerprint density at radius 2 is 2.14 bits per heavy atom. The van der Waals surface area contributed by atoms with Crippen molar-refractivity contribution >= 4 is 34.3 Å². The van der Waals surface area contributed by atoms with Crippen LogP contribution in [0, 0.1) is 5.82 Å². The minimum atomic E-state index is -1.96. The molecule has 0 aliphatic carbocycles. The van der Waals surface area contributed by atoms with Gasteiger partial charge in [0, 0.05) is 17.2 Å². The molecule has 0 saturated carbocycles. The van der Waals surface area contributed by atoms with E-state index in [0.717, 1.165) is 10.4 Å². The summed E-state index contributed by atoms with van der Waals surface area (Å²) in [7, 11) is 0.